The van der Waals surface area contributed by atoms with E-state index in [1.807, 2.05) is 0 Å². The van der Waals surface area contributed by atoms with Crippen LogP contribution in [0, 0.1) is 5.82 Å². The highest BCUT2D eigenvalue weighted by Gasteiger charge is 2.23. The van der Waals surface area contributed by atoms with Crippen molar-refractivity contribution in [1.82, 2.24) is 25.5 Å². The molecule has 1 saturated heterocycles. The van der Waals surface area contributed by atoms with E-state index in [0.717, 1.165) is 6.42 Å². The number of aromatic nitrogens is 2. The van der Waals surface area contributed by atoms with Crippen molar-refractivity contribution < 1.29 is 14.0 Å². The molecule has 3 rings (SSSR count). The molecule has 1 fully saturated rings. The molecule has 0 spiro atoms. The monoisotopic (exact) mass is 388 g/mol. The fourth-order valence-corrected chi connectivity index (χ4v) is 3.15. The number of hydrogen-bond acceptors (Lipinski definition) is 5. The summed E-state index contributed by atoms with van der Waals surface area (Å²) in [6.07, 6.45) is 3.94. The Morgan fingerprint density at radius 2 is 2.14 bits per heavy atom. The molecule has 0 radical (unpaired) electrons. The zero-order valence-electron chi connectivity index (χ0n) is 16.0. The maximum atomic E-state index is 13.6. The van der Waals surface area contributed by atoms with Gasteiger partial charge in [0.15, 0.2) is 0 Å². The number of nitrogens with zero attached hydrogens (tertiary/aromatic N) is 3. The van der Waals surface area contributed by atoms with Crippen LogP contribution in [0.25, 0.3) is 0 Å². The fourth-order valence-electron chi connectivity index (χ4n) is 3.15. The van der Waals surface area contributed by atoms with Crippen LogP contribution in [0.2, 0.25) is 0 Å². The first-order valence-corrected chi connectivity index (χ1v) is 9.21. The minimum absolute atomic E-state index is 0.0691. The minimum Gasteiger partial charge on any atom is -0.343 e. The van der Waals surface area contributed by atoms with Crippen LogP contribution in [0.15, 0.2) is 36.7 Å². The summed E-state index contributed by atoms with van der Waals surface area (Å²) in [4.78, 5) is 26.1. The maximum Gasteiger partial charge on any atom is 0.244 e. The highest BCUT2D eigenvalue weighted by molar-refractivity contribution is 5.92. The van der Waals surface area contributed by atoms with Crippen LogP contribution in [0.4, 0.5) is 10.1 Å². The molecule has 0 bridgehead atoms. The van der Waals surface area contributed by atoms with Gasteiger partial charge in [0, 0.05) is 31.9 Å². The highest BCUT2D eigenvalue weighted by Crippen LogP contribution is 2.11. The largest absolute Gasteiger partial charge is 0.343 e. The second-order valence-corrected chi connectivity index (χ2v) is 7.14. The van der Waals surface area contributed by atoms with E-state index in [9.17, 15) is 14.0 Å². The van der Waals surface area contributed by atoms with Gasteiger partial charge >= 0.3 is 0 Å². The number of rotatable bonds is 7. The predicted molar refractivity (Wildman–Crippen MR) is 103 cm³/mol. The number of carbonyl (C=O) groups is 2. The summed E-state index contributed by atoms with van der Waals surface area (Å²) in [5.74, 6) is -0.834. The van der Waals surface area contributed by atoms with Crippen LogP contribution in [-0.4, -0.2) is 52.2 Å². The van der Waals surface area contributed by atoms with E-state index in [0.29, 0.717) is 23.8 Å². The number of hydrogen-bond donors (Lipinski definition) is 3. The lowest BCUT2D eigenvalue weighted by molar-refractivity contribution is -0.131. The molecular formula is C19H25FN6O2. The molecule has 1 aromatic heterocycles. The van der Waals surface area contributed by atoms with E-state index < -0.39 is 5.82 Å². The Morgan fingerprint density at radius 3 is 2.86 bits per heavy atom. The average molecular weight is 388 g/mol. The second kappa shape index (κ2) is 8.94. The van der Waals surface area contributed by atoms with Crippen molar-refractivity contribution >= 4 is 17.5 Å². The van der Waals surface area contributed by atoms with Crippen molar-refractivity contribution in [2.24, 2.45) is 0 Å². The lowest BCUT2D eigenvalue weighted by Gasteiger charge is -2.21. The number of benzene rings is 1. The third kappa shape index (κ3) is 5.37. The lowest BCUT2D eigenvalue weighted by Crippen LogP contribution is -2.42. The third-order valence-electron chi connectivity index (χ3n) is 4.62. The summed E-state index contributed by atoms with van der Waals surface area (Å²) in [5.41, 5.74) is 7.09. The summed E-state index contributed by atoms with van der Waals surface area (Å²) in [6, 6.07) is 6.76. The van der Waals surface area contributed by atoms with Crippen molar-refractivity contribution in [1.29, 1.82) is 0 Å². The molecule has 3 N–H and O–H groups in total. The lowest BCUT2D eigenvalue weighted by atomic mass is 10.1. The normalized spacial score (nSPS) is 18.8. The van der Waals surface area contributed by atoms with Crippen molar-refractivity contribution in [2.75, 3.05) is 18.9 Å². The van der Waals surface area contributed by atoms with Gasteiger partial charge < -0.3 is 10.2 Å². The second-order valence-electron chi connectivity index (χ2n) is 7.14. The molecule has 2 unspecified atom stereocenters. The van der Waals surface area contributed by atoms with E-state index in [4.69, 9.17) is 0 Å². The van der Waals surface area contributed by atoms with E-state index in [-0.39, 0.29) is 30.8 Å². The number of nitrogens with one attached hydrogen (secondary N) is 3. The van der Waals surface area contributed by atoms with Gasteiger partial charge in [-0.3, -0.25) is 25.1 Å². The van der Waals surface area contributed by atoms with Crippen LogP contribution in [0.5, 0.6) is 0 Å². The zero-order chi connectivity index (χ0) is 20.1. The average Bonchev–Trinajstić information content (AvgIpc) is 3.25. The molecule has 8 nitrogen and oxygen atoms in total. The Labute approximate surface area is 163 Å². The summed E-state index contributed by atoms with van der Waals surface area (Å²) in [6.45, 7) is 2.76. The van der Waals surface area contributed by atoms with Gasteiger partial charge in [-0.1, -0.05) is 18.2 Å². The standard InChI is InChI=1S/C19H25FN6O2/c1-13-7-15(24-23-13)10-25(2)19(28)12-26-11-16(9-21-26)22-18(27)8-14-5-3-4-6-17(14)20/h3-6,9,11,13,15,23-24H,7-8,10,12H2,1-2H3,(H,22,27). The van der Waals surface area contributed by atoms with E-state index >= 15 is 0 Å². The molecule has 2 heterocycles. The van der Waals surface area contributed by atoms with Crippen LogP contribution < -0.4 is 16.2 Å². The molecule has 9 heteroatoms. The Morgan fingerprint density at radius 1 is 1.36 bits per heavy atom. The van der Waals surface area contributed by atoms with Gasteiger partial charge in [-0.25, -0.2) is 4.39 Å². The molecule has 2 atom stereocenters. The summed E-state index contributed by atoms with van der Waals surface area (Å²) >= 11 is 0. The number of anilines is 1. The first-order valence-electron chi connectivity index (χ1n) is 9.21. The summed E-state index contributed by atoms with van der Waals surface area (Å²) < 4.78 is 15.1. The van der Waals surface area contributed by atoms with E-state index in [1.54, 1.807) is 36.3 Å². The molecule has 2 aromatic rings. The summed E-state index contributed by atoms with van der Waals surface area (Å²) in [5, 5.41) is 6.78. The fraction of sp³-hybridized carbons (Fsp3) is 0.421. The zero-order valence-corrected chi connectivity index (χ0v) is 16.0. The SMILES string of the molecule is CC1CC(CN(C)C(=O)Cn2cc(NC(=O)Cc3ccccc3F)cn2)NN1. The smallest absolute Gasteiger partial charge is 0.244 e. The Kier molecular flexibility index (Phi) is 6.37. The van der Waals surface area contributed by atoms with Gasteiger partial charge in [-0.15, -0.1) is 0 Å². The minimum atomic E-state index is -0.414. The molecule has 1 aliphatic heterocycles. The van der Waals surface area contributed by atoms with Crippen molar-refractivity contribution in [3.05, 3.63) is 48.0 Å². The van der Waals surface area contributed by atoms with Crippen LogP contribution in [-0.2, 0) is 22.6 Å². The first kappa shape index (κ1) is 20.0. The van der Waals surface area contributed by atoms with Gasteiger partial charge in [-0.2, -0.15) is 5.10 Å². The number of hydrazine groups is 1. The number of amides is 2. The van der Waals surface area contributed by atoms with Gasteiger partial charge in [0.05, 0.1) is 18.3 Å². The Bertz CT molecular complexity index is 839. The quantitative estimate of drug-likeness (QED) is 0.656. The van der Waals surface area contributed by atoms with E-state index in [2.05, 4.69) is 28.2 Å². The van der Waals surface area contributed by atoms with Gasteiger partial charge in [0.1, 0.15) is 12.4 Å². The van der Waals surface area contributed by atoms with Gasteiger partial charge in [0.2, 0.25) is 11.8 Å². The number of carbonyl (C=O) groups excluding carboxylic acids is 2. The maximum absolute atomic E-state index is 13.6. The van der Waals surface area contributed by atoms with Crippen molar-refractivity contribution in [3.63, 3.8) is 0 Å². The molecule has 150 valence electrons. The van der Waals surface area contributed by atoms with Gasteiger partial charge in [0.25, 0.3) is 0 Å². The Balaban J connectivity index is 1.48. The van der Waals surface area contributed by atoms with Gasteiger partial charge in [-0.05, 0) is 25.0 Å². The van der Waals surface area contributed by atoms with Crippen LogP contribution in [0.3, 0.4) is 0 Å². The topological polar surface area (TPSA) is 91.3 Å². The molecule has 1 aliphatic rings. The Hall–Kier alpha value is -2.78. The summed E-state index contributed by atoms with van der Waals surface area (Å²) in [7, 11) is 1.76. The molecule has 2 amide bonds. The molecule has 0 aliphatic carbocycles. The van der Waals surface area contributed by atoms with E-state index in [1.165, 1.54) is 16.9 Å². The first-order chi connectivity index (χ1) is 13.4. The van der Waals surface area contributed by atoms with Crippen molar-refractivity contribution in [2.45, 2.75) is 38.4 Å². The molecular weight excluding hydrogens is 363 g/mol. The molecule has 28 heavy (non-hydrogen) atoms. The highest BCUT2D eigenvalue weighted by atomic mass is 19.1. The number of likely N-dealkylation sites (N-methyl/N-ethyl adjacent to an activating group) is 1. The number of halogens is 1. The van der Waals surface area contributed by atoms with Crippen LogP contribution >= 0.6 is 0 Å². The molecule has 0 saturated carbocycles. The van der Waals surface area contributed by atoms with Crippen LogP contribution in [0.1, 0.15) is 18.9 Å². The third-order valence-corrected chi connectivity index (χ3v) is 4.62. The van der Waals surface area contributed by atoms with Crippen molar-refractivity contribution in [3.8, 4) is 0 Å². The molecule has 1 aromatic carbocycles. The predicted octanol–water partition coefficient (Wildman–Crippen LogP) is 0.917.